The van der Waals surface area contributed by atoms with E-state index in [1.165, 1.54) is 0 Å². The molecule has 0 nitrogen and oxygen atoms in total. The van der Waals surface area contributed by atoms with Gasteiger partial charge in [-0.05, 0) is 22.4 Å². The molecule has 0 spiro atoms. The molecule has 0 bridgehead atoms. The molecule has 0 aliphatic carbocycles. The van der Waals surface area contributed by atoms with Crippen LogP contribution < -0.4 is 0 Å². The van der Waals surface area contributed by atoms with Crippen LogP contribution in [0.25, 0.3) is 0 Å². The van der Waals surface area contributed by atoms with E-state index in [0.717, 1.165) is 0 Å². The van der Waals surface area contributed by atoms with Gasteiger partial charge in [-0.3, -0.25) is 0 Å². The molecule has 9 heavy (non-hydrogen) atoms. The molecule has 0 radical (unpaired) electrons. The fourth-order valence-corrected chi connectivity index (χ4v) is 0.731. The lowest BCUT2D eigenvalue weighted by Gasteiger charge is -2.06. The summed E-state index contributed by atoms with van der Waals surface area (Å²) < 4.78 is 35.4. The maximum Gasteiger partial charge on any atom is 0.301 e. The summed E-state index contributed by atoms with van der Waals surface area (Å²) in [5, 5.41) is -1.33. The second-order valence-electron chi connectivity index (χ2n) is 1.54. The van der Waals surface area contributed by atoms with Crippen molar-refractivity contribution in [3.8, 4) is 0 Å². The zero-order valence-corrected chi connectivity index (χ0v) is 7.55. The van der Waals surface area contributed by atoms with Crippen molar-refractivity contribution in [3.05, 3.63) is 0 Å². The lowest BCUT2D eigenvalue weighted by atomic mass is 10.3. The largest absolute Gasteiger partial charge is 0.301 e. The van der Waals surface area contributed by atoms with Crippen LogP contribution in [0, 0.1) is 0 Å². The molecule has 0 amide bonds. The van der Waals surface area contributed by atoms with E-state index in [1.807, 2.05) is 0 Å². The van der Waals surface area contributed by atoms with Crippen molar-refractivity contribution in [1.29, 1.82) is 0 Å². The zero-order valence-electron chi connectivity index (χ0n) is 4.38. The highest BCUT2D eigenvalue weighted by Crippen LogP contribution is 2.29. The van der Waals surface area contributed by atoms with Gasteiger partial charge in [0.05, 0.1) is 0 Å². The van der Waals surface area contributed by atoms with E-state index in [1.54, 1.807) is 0 Å². The minimum absolute atomic E-state index is 0.182. The minimum Gasteiger partial charge on any atom is -0.235 e. The Balaban J connectivity index is 3.28. The van der Waals surface area contributed by atoms with Crippen molar-refractivity contribution in [2.45, 2.75) is 22.8 Å². The van der Waals surface area contributed by atoms with Crippen molar-refractivity contribution < 1.29 is 13.2 Å². The Morgan fingerprint density at radius 3 is 2.00 bits per heavy atom. The molecule has 0 fully saturated rings. The summed E-state index contributed by atoms with van der Waals surface area (Å²) in [7, 11) is 0. The van der Waals surface area contributed by atoms with Crippen molar-refractivity contribution >= 4 is 31.9 Å². The summed E-state index contributed by atoms with van der Waals surface area (Å²) >= 11 is 4.59. The average Bonchev–Trinajstić information content (AvgIpc) is 1.59. The molecule has 0 rings (SSSR count). The van der Waals surface area contributed by atoms with Crippen LogP contribution in [0.3, 0.4) is 0 Å². The smallest absolute Gasteiger partial charge is 0.235 e. The predicted molar refractivity (Wildman–Crippen MR) is 36.9 cm³/mol. The van der Waals surface area contributed by atoms with Gasteiger partial charge in [0.2, 0.25) is 0 Å². The fraction of sp³-hybridized carbons (Fsp3) is 1.00. The highest BCUT2D eigenvalue weighted by atomic mass is 79.9. The van der Waals surface area contributed by atoms with E-state index in [4.69, 9.17) is 0 Å². The van der Waals surface area contributed by atoms with Gasteiger partial charge in [-0.15, -0.1) is 0 Å². The third-order valence-corrected chi connectivity index (χ3v) is 1.50. The molecule has 0 heterocycles. The summed E-state index contributed by atoms with van der Waals surface area (Å²) in [5.41, 5.74) is 0. The fourth-order valence-electron chi connectivity index (χ4n) is 0.273. The quantitative estimate of drug-likeness (QED) is 0.689. The van der Waals surface area contributed by atoms with Crippen molar-refractivity contribution in [2.75, 3.05) is 0 Å². The van der Waals surface area contributed by atoms with E-state index < -0.39 is 16.3 Å². The summed E-state index contributed by atoms with van der Waals surface area (Å²) in [4.78, 5) is -2.93. The molecule has 5 heteroatoms. The molecule has 0 saturated carbocycles. The Morgan fingerprint density at radius 2 is 1.89 bits per heavy atom. The van der Waals surface area contributed by atoms with Crippen LogP contribution in [0.15, 0.2) is 0 Å². The maximum atomic E-state index is 11.8. The number of alkyl halides is 5. The maximum absolute atomic E-state index is 11.8. The zero-order chi connectivity index (χ0) is 7.49. The summed E-state index contributed by atoms with van der Waals surface area (Å²) in [6, 6.07) is 0. The molecule has 0 N–H and O–H groups in total. The van der Waals surface area contributed by atoms with Crippen molar-refractivity contribution in [3.63, 3.8) is 0 Å². The number of halogens is 5. The molecule has 0 aromatic rings. The van der Waals surface area contributed by atoms with Gasteiger partial charge in [0.1, 0.15) is 0 Å². The number of hydrogen-bond acceptors (Lipinski definition) is 0. The highest BCUT2D eigenvalue weighted by molar-refractivity contribution is 9.10. The van der Waals surface area contributed by atoms with Gasteiger partial charge in [0.15, 0.2) is 5.08 Å². The first-order chi connectivity index (χ1) is 3.92. The molecule has 0 aromatic heterocycles. The molecule has 0 saturated heterocycles. The third-order valence-electron chi connectivity index (χ3n) is 0.646. The molecule has 0 aliphatic heterocycles. The summed E-state index contributed by atoms with van der Waals surface area (Å²) in [6.45, 7) is 0. The monoisotopic (exact) mass is 268 g/mol. The minimum atomic E-state index is -2.93. The Morgan fingerprint density at radius 1 is 1.44 bits per heavy atom. The first-order valence-electron chi connectivity index (χ1n) is 2.27. The molecule has 1 atom stereocenters. The van der Waals surface area contributed by atoms with Gasteiger partial charge in [-0.25, -0.2) is 4.39 Å². The van der Waals surface area contributed by atoms with E-state index >= 15 is 0 Å². The van der Waals surface area contributed by atoms with Crippen molar-refractivity contribution in [1.82, 2.24) is 0 Å². The molecular formula is C4H5Br2F3. The predicted octanol–water partition coefficient (Wildman–Crippen LogP) is 3.44. The van der Waals surface area contributed by atoms with Gasteiger partial charge in [-0.1, -0.05) is 15.9 Å². The first kappa shape index (κ1) is 9.75. The lowest BCUT2D eigenvalue weighted by molar-refractivity contribution is 0.0975. The van der Waals surface area contributed by atoms with Crippen LogP contribution in [-0.2, 0) is 0 Å². The van der Waals surface area contributed by atoms with Crippen LogP contribution in [0.5, 0.6) is 0 Å². The highest BCUT2D eigenvalue weighted by Gasteiger charge is 2.24. The van der Waals surface area contributed by atoms with Gasteiger partial charge < -0.3 is 0 Å². The van der Waals surface area contributed by atoms with Crippen molar-refractivity contribution in [2.24, 2.45) is 0 Å². The van der Waals surface area contributed by atoms with E-state index in [2.05, 4.69) is 31.9 Å². The van der Waals surface area contributed by atoms with E-state index in [-0.39, 0.29) is 6.42 Å². The van der Waals surface area contributed by atoms with Crippen LogP contribution in [-0.4, -0.2) is 9.91 Å². The van der Waals surface area contributed by atoms with Crippen LogP contribution in [0.1, 0.15) is 12.8 Å². The molecule has 1 unspecified atom stereocenters. The topological polar surface area (TPSA) is 0 Å². The van der Waals surface area contributed by atoms with Crippen LogP contribution >= 0.6 is 31.9 Å². The summed E-state index contributed by atoms with van der Waals surface area (Å²) in [6.07, 6.45) is -0.669. The van der Waals surface area contributed by atoms with E-state index in [9.17, 15) is 13.2 Å². The van der Waals surface area contributed by atoms with Gasteiger partial charge in [0, 0.05) is 6.42 Å². The third kappa shape index (κ3) is 8.75. The number of rotatable bonds is 3. The normalized spacial score (nSPS) is 15.7. The Hall–Kier alpha value is 0.750. The molecule has 0 aromatic carbocycles. The Bertz CT molecular complexity index is 78.4. The molecule has 56 valence electrons. The van der Waals surface area contributed by atoms with Gasteiger partial charge >= 0.3 is 4.83 Å². The van der Waals surface area contributed by atoms with Gasteiger partial charge in [-0.2, -0.15) is 8.78 Å². The number of hydrogen-bond donors (Lipinski definition) is 0. The van der Waals surface area contributed by atoms with Crippen LogP contribution in [0.2, 0.25) is 0 Å². The standard InChI is InChI=1S/C4H5Br2F3/c5-3(7)1-2-4(6,8)9/h3H,1-2H2. The SMILES string of the molecule is FC(Br)CCC(F)(F)Br. The van der Waals surface area contributed by atoms with Gasteiger partial charge in [0.25, 0.3) is 0 Å². The lowest BCUT2D eigenvalue weighted by Crippen LogP contribution is -2.06. The molecule has 0 aliphatic rings. The Kier molecular flexibility index (Phi) is 4.12. The molecular weight excluding hydrogens is 265 g/mol. The van der Waals surface area contributed by atoms with Crippen LogP contribution in [0.4, 0.5) is 13.2 Å². The first-order valence-corrected chi connectivity index (χ1v) is 3.97. The second kappa shape index (κ2) is 3.81. The van der Waals surface area contributed by atoms with E-state index in [0.29, 0.717) is 0 Å². The summed E-state index contributed by atoms with van der Waals surface area (Å²) in [5.74, 6) is 0. The second-order valence-corrected chi connectivity index (χ2v) is 3.70. The average molecular weight is 270 g/mol. The Labute approximate surface area is 68.1 Å².